The van der Waals surface area contributed by atoms with E-state index in [0.29, 0.717) is 5.92 Å². The highest BCUT2D eigenvalue weighted by molar-refractivity contribution is 5.86. The average Bonchev–Trinajstić information content (AvgIpc) is 2.85. The summed E-state index contributed by atoms with van der Waals surface area (Å²) in [5.74, 6) is 0.701. The number of carbonyl (C=O) groups excluding carboxylic acids is 1. The fourth-order valence-electron chi connectivity index (χ4n) is 3.09. The van der Waals surface area contributed by atoms with E-state index in [1.54, 1.807) is 0 Å². The van der Waals surface area contributed by atoms with Crippen LogP contribution in [0.4, 0.5) is 0 Å². The number of ether oxygens (including phenoxy) is 1. The van der Waals surface area contributed by atoms with Crippen LogP contribution in [0.15, 0.2) is 0 Å². The van der Waals surface area contributed by atoms with Crippen molar-refractivity contribution in [3.63, 3.8) is 0 Å². The second kappa shape index (κ2) is 6.23. The van der Waals surface area contributed by atoms with Gasteiger partial charge in [0.05, 0.1) is 11.6 Å². The summed E-state index contributed by atoms with van der Waals surface area (Å²) in [5, 5.41) is 0. The van der Waals surface area contributed by atoms with Gasteiger partial charge in [-0.25, -0.2) is 0 Å². The molecule has 1 saturated heterocycles. The van der Waals surface area contributed by atoms with Crippen LogP contribution in [0.3, 0.4) is 0 Å². The zero-order valence-corrected chi connectivity index (χ0v) is 12.4. The Labute approximate surface area is 116 Å². The molecule has 2 fully saturated rings. The lowest BCUT2D eigenvalue weighted by molar-refractivity contribution is -0.137. The van der Waals surface area contributed by atoms with Crippen molar-refractivity contribution in [1.82, 2.24) is 4.90 Å². The lowest BCUT2D eigenvalue weighted by atomic mass is 9.81. The van der Waals surface area contributed by atoms with Crippen molar-refractivity contribution in [2.24, 2.45) is 11.7 Å². The van der Waals surface area contributed by atoms with E-state index < -0.39 is 5.54 Å². The zero-order chi connectivity index (χ0) is 13.9. The average molecular weight is 268 g/mol. The molecule has 110 valence electrons. The predicted octanol–water partition coefficient (Wildman–Crippen LogP) is 1.92. The van der Waals surface area contributed by atoms with Gasteiger partial charge in [-0.05, 0) is 25.2 Å². The first-order valence-electron chi connectivity index (χ1n) is 7.71. The van der Waals surface area contributed by atoms with Crippen LogP contribution in [0.1, 0.15) is 52.4 Å². The molecule has 4 heteroatoms. The van der Waals surface area contributed by atoms with E-state index in [-0.39, 0.29) is 12.0 Å². The third-order valence-corrected chi connectivity index (χ3v) is 4.27. The zero-order valence-electron chi connectivity index (χ0n) is 12.4. The largest absolute Gasteiger partial charge is 0.376 e. The van der Waals surface area contributed by atoms with Crippen LogP contribution >= 0.6 is 0 Å². The summed E-state index contributed by atoms with van der Waals surface area (Å²) >= 11 is 0. The summed E-state index contributed by atoms with van der Waals surface area (Å²) in [6.07, 6.45) is 6.24. The molecule has 1 aliphatic heterocycles. The number of hydrogen-bond donors (Lipinski definition) is 1. The molecule has 4 nitrogen and oxygen atoms in total. The van der Waals surface area contributed by atoms with Crippen molar-refractivity contribution in [1.29, 1.82) is 0 Å². The highest BCUT2D eigenvalue weighted by atomic mass is 16.5. The molecule has 1 saturated carbocycles. The Morgan fingerprint density at radius 2 is 2.05 bits per heavy atom. The number of likely N-dealkylation sites (tertiary alicyclic amines) is 1. The maximum atomic E-state index is 12.6. The molecule has 1 heterocycles. The van der Waals surface area contributed by atoms with Gasteiger partial charge in [0.25, 0.3) is 0 Å². The van der Waals surface area contributed by atoms with Crippen molar-refractivity contribution in [3.05, 3.63) is 0 Å². The molecule has 19 heavy (non-hydrogen) atoms. The Kier molecular flexibility index (Phi) is 4.85. The normalized spacial score (nSPS) is 26.9. The summed E-state index contributed by atoms with van der Waals surface area (Å²) in [7, 11) is 0. The van der Waals surface area contributed by atoms with Gasteiger partial charge in [-0.15, -0.1) is 0 Å². The highest BCUT2D eigenvalue weighted by Crippen LogP contribution is 2.29. The van der Waals surface area contributed by atoms with Crippen LogP contribution in [-0.4, -0.2) is 42.1 Å². The van der Waals surface area contributed by atoms with Gasteiger partial charge >= 0.3 is 0 Å². The first-order chi connectivity index (χ1) is 9.01. The number of nitrogens with two attached hydrogens (primary N) is 1. The molecule has 0 aromatic carbocycles. The third-order valence-electron chi connectivity index (χ3n) is 4.27. The van der Waals surface area contributed by atoms with Crippen molar-refractivity contribution in [2.45, 2.75) is 64.0 Å². The summed E-state index contributed by atoms with van der Waals surface area (Å²) < 4.78 is 5.83. The minimum Gasteiger partial charge on any atom is -0.376 e. The summed E-state index contributed by atoms with van der Waals surface area (Å²) in [5.41, 5.74) is 5.73. The number of carbonyl (C=O) groups is 1. The van der Waals surface area contributed by atoms with Gasteiger partial charge in [0.15, 0.2) is 0 Å². The first-order valence-corrected chi connectivity index (χ1v) is 7.71. The highest BCUT2D eigenvalue weighted by Gasteiger charge is 2.40. The second-order valence-electron chi connectivity index (χ2n) is 6.61. The Morgan fingerprint density at radius 3 is 2.68 bits per heavy atom. The Bertz CT molecular complexity index is 311. The molecule has 0 spiro atoms. The van der Waals surface area contributed by atoms with Crippen LogP contribution in [0.2, 0.25) is 0 Å². The van der Waals surface area contributed by atoms with E-state index in [4.69, 9.17) is 10.5 Å². The first kappa shape index (κ1) is 14.8. The van der Waals surface area contributed by atoms with E-state index in [0.717, 1.165) is 51.8 Å². The van der Waals surface area contributed by atoms with E-state index in [1.165, 1.54) is 6.42 Å². The smallest absolute Gasteiger partial charge is 0.242 e. The molecule has 0 aromatic rings. The number of rotatable bonds is 4. The number of hydrogen-bond acceptors (Lipinski definition) is 3. The fourth-order valence-corrected chi connectivity index (χ4v) is 3.09. The third kappa shape index (κ3) is 3.69. The minimum atomic E-state index is -0.592. The SMILES string of the molecule is CC(C)COC1CCN(C(=O)C2(N)CCCCC2)C1. The van der Waals surface area contributed by atoms with Crippen LogP contribution in [0, 0.1) is 5.92 Å². The molecule has 2 N–H and O–H groups in total. The quantitative estimate of drug-likeness (QED) is 0.847. The fraction of sp³-hybridized carbons (Fsp3) is 0.933. The van der Waals surface area contributed by atoms with E-state index >= 15 is 0 Å². The minimum absolute atomic E-state index is 0.155. The Hall–Kier alpha value is -0.610. The summed E-state index contributed by atoms with van der Waals surface area (Å²) in [4.78, 5) is 14.5. The molecule has 1 unspecified atom stereocenters. The van der Waals surface area contributed by atoms with Crippen molar-refractivity contribution in [3.8, 4) is 0 Å². The molecule has 1 aliphatic carbocycles. The van der Waals surface area contributed by atoms with E-state index in [1.807, 2.05) is 4.90 Å². The lowest BCUT2D eigenvalue weighted by Crippen LogP contribution is -2.55. The van der Waals surface area contributed by atoms with Crippen molar-refractivity contribution >= 4 is 5.91 Å². The van der Waals surface area contributed by atoms with Gasteiger partial charge in [-0.1, -0.05) is 33.1 Å². The van der Waals surface area contributed by atoms with Gasteiger partial charge < -0.3 is 15.4 Å². The molecule has 0 bridgehead atoms. The number of nitrogens with zero attached hydrogens (tertiary/aromatic N) is 1. The van der Waals surface area contributed by atoms with Gasteiger partial charge in [-0.3, -0.25) is 4.79 Å². The monoisotopic (exact) mass is 268 g/mol. The Morgan fingerprint density at radius 1 is 1.37 bits per heavy atom. The maximum absolute atomic E-state index is 12.6. The molecule has 0 radical (unpaired) electrons. The molecule has 2 aliphatic rings. The predicted molar refractivity (Wildman–Crippen MR) is 75.8 cm³/mol. The van der Waals surface area contributed by atoms with Gasteiger partial charge in [0.2, 0.25) is 5.91 Å². The summed E-state index contributed by atoms with van der Waals surface area (Å²) in [6, 6.07) is 0. The second-order valence-corrected chi connectivity index (χ2v) is 6.61. The van der Waals surface area contributed by atoms with Gasteiger partial charge in [0, 0.05) is 19.7 Å². The van der Waals surface area contributed by atoms with Crippen molar-refractivity contribution in [2.75, 3.05) is 19.7 Å². The Balaban J connectivity index is 1.84. The molecule has 0 aromatic heterocycles. The summed E-state index contributed by atoms with van der Waals surface area (Å²) in [6.45, 7) is 6.61. The maximum Gasteiger partial charge on any atom is 0.242 e. The molecule has 2 rings (SSSR count). The van der Waals surface area contributed by atoms with Gasteiger partial charge in [-0.2, -0.15) is 0 Å². The standard InChI is InChI=1S/C15H28N2O2/c1-12(2)11-19-13-6-9-17(10-13)14(18)15(16)7-4-3-5-8-15/h12-13H,3-11,16H2,1-2H3. The van der Waals surface area contributed by atoms with Crippen LogP contribution in [0.5, 0.6) is 0 Å². The van der Waals surface area contributed by atoms with E-state index in [9.17, 15) is 4.79 Å². The molecular weight excluding hydrogens is 240 g/mol. The number of amides is 1. The van der Waals surface area contributed by atoms with Crippen LogP contribution in [-0.2, 0) is 9.53 Å². The molecule has 1 amide bonds. The molecule has 1 atom stereocenters. The topological polar surface area (TPSA) is 55.6 Å². The van der Waals surface area contributed by atoms with Crippen LogP contribution in [0.25, 0.3) is 0 Å². The van der Waals surface area contributed by atoms with E-state index in [2.05, 4.69) is 13.8 Å². The molecular formula is C15H28N2O2. The lowest BCUT2D eigenvalue weighted by Gasteiger charge is -2.35. The van der Waals surface area contributed by atoms with Crippen LogP contribution < -0.4 is 5.73 Å². The van der Waals surface area contributed by atoms with Gasteiger partial charge in [0.1, 0.15) is 0 Å². The van der Waals surface area contributed by atoms with Crippen molar-refractivity contribution < 1.29 is 9.53 Å².